The van der Waals surface area contributed by atoms with Crippen LogP contribution in [0.3, 0.4) is 0 Å². The van der Waals surface area contributed by atoms with E-state index >= 15 is 0 Å². The van der Waals surface area contributed by atoms with Crippen molar-refractivity contribution in [2.45, 2.75) is 62.5 Å². The molecule has 0 spiro atoms. The Morgan fingerprint density at radius 1 is 0.313 bits per heavy atom. The number of fused-ring (bicyclic) bond motifs is 8. The van der Waals surface area contributed by atoms with Crippen LogP contribution in [0.5, 0.6) is 11.5 Å². The maximum absolute atomic E-state index is 12.8. The predicted molar refractivity (Wildman–Crippen MR) is 367 cm³/mol. The first-order valence-corrected chi connectivity index (χ1v) is 34.3. The molecule has 0 aromatic heterocycles. The van der Waals surface area contributed by atoms with Gasteiger partial charge in [-0.1, -0.05) is 236 Å². The van der Waals surface area contributed by atoms with Gasteiger partial charge in [0, 0.05) is 0 Å². The number of phenols is 1. The second kappa shape index (κ2) is 26.0. The van der Waals surface area contributed by atoms with E-state index in [4.69, 9.17) is 0 Å². The Bertz CT molecular complexity index is 5310. The number of rotatable bonds is 10. The van der Waals surface area contributed by atoms with Gasteiger partial charge >= 0.3 is 46.9 Å². The summed E-state index contributed by atoms with van der Waals surface area (Å²) in [6.07, 6.45) is 0. The number of hydrogen-bond acceptors (Lipinski definition) is 9. The molecule has 0 saturated carbocycles. The fourth-order valence-electron chi connectivity index (χ4n) is 12.9. The Hall–Kier alpha value is -10.1. The van der Waals surface area contributed by atoms with Crippen molar-refractivity contribution < 1.29 is 77.7 Å². The summed E-state index contributed by atoms with van der Waals surface area (Å²) in [5.41, 5.74) is 4.97. The van der Waals surface area contributed by atoms with Gasteiger partial charge in [-0.3, -0.25) is 0 Å². The van der Waals surface area contributed by atoms with E-state index in [1.54, 1.807) is 18.2 Å². The van der Waals surface area contributed by atoms with E-state index in [1.807, 2.05) is 27.9 Å². The summed E-state index contributed by atoms with van der Waals surface area (Å²) in [6, 6.07) is 88.1. The van der Waals surface area contributed by atoms with Gasteiger partial charge in [-0.2, -0.15) is 64.8 Å². The fraction of sp³-hybridized carbons (Fsp3) is 0.128. The van der Waals surface area contributed by atoms with Gasteiger partial charge in [-0.15, -0.1) is 3.63 Å². The van der Waals surface area contributed by atoms with Crippen LogP contribution in [-0.2, 0) is 44.8 Å². The van der Waals surface area contributed by atoms with Crippen LogP contribution in [0, 0.1) is 27.7 Å². The van der Waals surface area contributed by atoms with Crippen LogP contribution in [0.25, 0.3) is 66.1 Å². The molecule has 0 saturated heterocycles. The van der Waals surface area contributed by atoms with Crippen molar-refractivity contribution in [1.82, 2.24) is 0 Å². The molecule has 506 valence electrons. The largest absolute Gasteiger partial charge is 0.534 e. The molecular formula is C78H59F9O9S3. The molecule has 2 aliphatic carbocycles. The predicted octanol–water partition coefficient (Wildman–Crippen LogP) is 20.2. The van der Waals surface area contributed by atoms with Crippen molar-refractivity contribution in [3.8, 4) is 56.0 Å². The fourth-order valence-corrected chi connectivity index (χ4v) is 15.0. The highest BCUT2D eigenvalue weighted by Crippen LogP contribution is 2.59. The van der Waals surface area contributed by atoms with Gasteiger partial charge in [0.1, 0.15) is 11.5 Å². The number of alkyl halides is 9. The minimum Gasteiger partial charge on any atom is -0.508 e. The smallest absolute Gasteiger partial charge is 0.508 e. The van der Waals surface area contributed by atoms with Gasteiger partial charge in [0.2, 0.25) is 0 Å². The van der Waals surface area contributed by atoms with Gasteiger partial charge in [0.15, 0.2) is 0 Å². The van der Waals surface area contributed by atoms with Crippen molar-refractivity contribution >= 4 is 51.9 Å². The molecule has 0 fully saturated rings. The van der Waals surface area contributed by atoms with Crippen molar-refractivity contribution in [2.24, 2.45) is 0 Å². The Morgan fingerprint density at radius 3 is 0.970 bits per heavy atom. The Balaban J connectivity index is 0.000000166. The zero-order valence-electron chi connectivity index (χ0n) is 52.1. The Kier molecular flexibility index (Phi) is 18.4. The highest BCUT2D eigenvalue weighted by molar-refractivity contribution is 8.00. The maximum Gasteiger partial charge on any atom is 0.534 e. The topological polar surface area (TPSA) is 141 Å². The average molecular weight is 1410 g/mol. The number of benzene rings is 12. The molecule has 9 nitrogen and oxygen atoms in total. The van der Waals surface area contributed by atoms with E-state index in [0.717, 1.165) is 38.4 Å². The van der Waals surface area contributed by atoms with Crippen LogP contribution in [0.1, 0.15) is 74.2 Å². The lowest BCUT2D eigenvalue weighted by Crippen LogP contribution is -2.34. The first-order valence-electron chi connectivity index (χ1n) is 30.1. The van der Waals surface area contributed by atoms with E-state index < -0.39 is 63.5 Å². The van der Waals surface area contributed by atoms with Crippen molar-refractivity contribution in [1.29, 1.82) is 0 Å². The minimum atomic E-state index is -6.85. The lowest BCUT2D eigenvalue weighted by molar-refractivity contribution is -0.0586. The second-order valence-corrected chi connectivity index (χ2v) is 28.7. The molecular weight excluding hydrogens is 1350 g/mol. The Morgan fingerprint density at radius 2 is 0.606 bits per heavy atom. The molecule has 0 atom stereocenters. The van der Waals surface area contributed by atoms with Crippen molar-refractivity contribution in [2.75, 3.05) is 0 Å². The highest BCUT2D eigenvalue weighted by Gasteiger charge is 2.58. The summed E-state index contributed by atoms with van der Waals surface area (Å²) in [5, 5.41) is 13.4. The molecule has 2 aliphatic rings. The van der Waals surface area contributed by atoms with Gasteiger partial charge in [0.25, 0.3) is 0 Å². The van der Waals surface area contributed by atoms with Crippen molar-refractivity contribution in [3.63, 3.8) is 0 Å². The van der Waals surface area contributed by atoms with Crippen LogP contribution < -0.4 is 4.18 Å². The van der Waals surface area contributed by atoms with E-state index in [9.17, 15) is 69.9 Å². The lowest BCUT2D eigenvalue weighted by atomic mass is 9.67. The molecule has 0 amide bonds. The second-order valence-electron chi connectivity index (χ2n) is 23.9. The quantitative estimate of drug-likeness (QED) is 0.0805. The number of aromatic hydroxyl groups is 1. The molecule has 0 bridgehead atoms. The summed E-state index contributed by atoms with van der Waals surface area (Å²) in [4.78, 5) is 0. The summed E-state index contributed by atoms with van der Waals surface area (Å²) in [6.45, 7) is 8.47. The molecule has 12 aromatic carbocycles. The zero-order chi connectivity index (χ0) is 70.1. The van der Waals surface area contributed by atoms with E-state index in [-0.39, 0.29) is 7.43 Å². The summed E-state index contributed by atoms with van der Waals surface area (Å²) in [7, 11) is -19.5. The SMILES string of the molecule is C.Cc1ccc(C2(c3ccc(C)cc3)c3ccccc3-c3ccc(-c4ccc5cc(O)ccc5c4)cc32)cc1.Cc1ccc(C2(c3ccc(C)cc3)c3ccccc3-c3ccc(-c4ccc5cc(OS(=O)(=O)C(F)(F)F)ccc5c4)cc32)cc1.O=S(=O)(OS(=O)(=O)C(F)(F)F)C(F)(F)F. The molecule has 14 rings (SSSR count). The van der Waals surface area contributed by atoms with Crippen LogP contribution in [0.2, 0.25) is 0 Å². The van der Waals surface area contributed by atoms with Crippen LogP contribution in [-0.4, -0.2) is 46.9 Å². The van der Waals surface area contributed by atoms with Gasteiger partial charge < -0.3 is 9.29 Å². The molecule has 99 heavy (non-hydrogen) atoms. The molecule has 0 unspecified atom stereocenters. The lowest BCUT2D eigenvalue weighted by Gasteiger charge is -2.34. The highest BCUT2D eigenvalue weighted by atomic mass is 32.3. The van der Waals surface area contributed by atoms with Gasteiger partial charge in [-0.05, 0) is 187 Å². The number of halogens is 9. The molecule has 0 aliphatic heterocycles. The third-order valence-electron chi connectivity index (χ3n) is 17.6. The first kappa shape index (κ1) is 70.3. The summed E-state index contributed by atoms with van der Waals surface area (Å²) >= 11 is 0. The summed E-state index contributed by atoms with van der Waals surface area (Å²) in [5.74, 6) is -0.106. The average Bonchev–Trinajstić information content (AvgIpc) is 1.55. The monoisotopic (exact) mass is 1410 g/mol. The van der Waals surface area contributed by atoms with Crippen molar-refractivity contribution in [3.05, 3.63) is 322 Å². The van der Waals surface area contributed by atoms with Gasteiger partial charge in [-0.25, -0.2) is 0 Å². The number of aryl methyl sites for hydroxylation is 4. The Labute approximate surface area is 566 Å². The minimum absolute atomic E-state index is 0. The van der Waals surface area contributed by atoms with E-state index in [2.05, 4.69) is 232 Å². The molecule has 12 aromatic rings. The van der Waals surface area contributed by atoms with Crippen LogP contribution in [0.4, 0.5) is 39.5 Å². The summed E-state index contributed by atoms with van der Waals surface area (Å²) < 4.78 is 176. The third-order valence-corrected chi connectivity index (χ3v) is 21.1. The van der Waals surface area contributed by atoms with Gasteiger partial charge in [0.05, 0.1) is 10.8 Å². The molecule has 0 heterocycles. The standard InChI is InChI=1S/C38H27F3O3S.C37H28O.C2F6O5S2.CH4/c1-24-7-15-30(16-8-24)37(31-17-9-25(2)10-18-31)35-6-4-3-5-33(35)34-20-14-29(23-36(34)37)26-11-12-28-22-32(19-13-27(28)21-26)44-45(42,43)38(39,40)41;1-24-7-15-30(16-8-24)37(31-17-9-25(2)10-18-31)35-6-4-3-5-33(35)34-20-14-29(23-36(34)37)26-11-12-28-22-32(38)19-13-27(28)21-26;3-1(4,5)14(9,10)13-15(11,12)2(6,7)8;/h3-23H,1-2H3;3-23,38H,1-2H3;;1H4. The third kappa shape index (κ3) is 13.0. The van der Waals surface area contributed by atoms with E-state index in [0.29, 0.717) is 11.1 Å². The number of phenolic OH excluding ortho intramolecular Hbond substituents is 1. The molecule has 0 radical (unpaired) electrons. The number of hydrogen-bond donors (Lipinski definition) is 1. The van der Waals surface area contributed by atoms with E-state index in [1.165, 1.54) is 101 Å². The van der Waals surface area contributed by atoms with Crippen LogP contribution in [0.15, 0.2) is 255 Å². The van der Waals surface area contributed by atoms with Crippen LogP contribution >= 0.6 is 0 Å². The zero-order valence-corrected chi connectivity index (χ0v) is 54.5. The molecule has 1 N–H and O–H groups in total. The normalized spacial score (nSPS) is 13.7. The first-order chi connectivity index (χ1) is 46.2. The molecule has 21 heteroatoms. The maximum atomic E-state index is 12.8.